The number of amides is 1. The van der Waals surface area contributed by atoms with E-state index >= 15 is 0 Å². The molecule has 0 radical (unpaired) electrons. The van der Waals surface area contributed by atoms with E-state index in [1.165, 1.54) is 11.2 Å². The van der Waals surface area contributed by atoms with Crippen LogP contribution in [0.15, 0.2) is 29.2 Å². The van der Waals surface area contributed by atoms with Gasteiger partial charge in [-0.25, -0.2) is 8.42 Å². The fourth-order valence-corrected chi connectivity index (χ4v) is 3.80. The molecule has 1 fully saturated rings. The molecule has 2 N–H and O–H groups in total. The van der Waals surface area contributed by atoms with Gasteiger partial charge in [0.25, 0.3) is 0 Å². The third-order valence-electron chi connectivity index (χ3n) is 3.43. The highest BCUT2D eigenvalue weighted by molar-refractivity contribution is 7.89. The van der Waals surface area contributed by atoms with Crippen LogP contribution >= 0.6 is 0 Å². The highest BCUT2D eigenvalue weighted by Gasteiger charge is 2.28. The summed E-state index contributed by atoms with van der Waals surface area (Å²) in [6.07, 6.45) is 0. The minimum atomic E-state index is -3.44. The van der Waals surface area contributed by atoms with Crippen LogP contribution in [0.1, 0.15) is 19.4 Å². The second-order valence-electron chi connectivity index (χ2n) is 5.27. The van der Waals surface area contributed by atoms with Crippen molar-refractivity contribution in [3.8, 4) is 0 Å². The van der Waals surface area contributed by atoms with Gasteiger partial charge in [0.05, 0.1) is 4.90 Å². The first-order chi connectivity index (χ1) is 9.89. The minimum Gasteiger partial charge on any atom is -0.352 e. The summed E-state index contributed by atoms with van der Waals surface area (Å²) >= 11 is 0. The molecule has 1 heterocycles. The van der Waals surface area contributed by atoms with Crippen molar-refractivity contribution in [1.82, 2.24) is 14.9 Å². The first-order valence-corrected chi connectivity index (χ1v) is 8.40. The van der Waals surface area contributed by atoms with Crippen LogP contribution in [-0.2, 0) is 21.4 Å². The van der Waals surface area contributed by atoms with Crippen molar-refractivity contribution in [2.24, 2.45) is 0 Å². The zero-order valence-corrected chi connectivity index (χ0v) is 13.1. The molecule has 0 unspecified atom stereocenters. The molecule has 0 bridgehead atoms. The average Bonchev–Trinajstić information content (AvgIpc) is 2.45. The second kappa shape index (κ2) is 6.55. The summed E-state index contributed by atoms with van der Waals surface area (Å²) in [5.74, 6) is -0.110. The van der Waals surface area contributed by atoms with E-state index in [1.54, 1.807) is 24.3 Å². The topological polar surface area (TPSA) is 78.5 Å². The maximum Gasteiger partial charge on any atom is 0.243 e. The standard InChI is InChI=1S/C14H21N3O3S/c1-11-10-17(8-7-15-11)21(19,20)14-5-3-13(4-6-14)9-16-12(2)18/h3-6,11,15H,7-10H2,1-2H3,(H,16,18)/t11-/m0/s1. The number of sulfonamides is 1. The molecule has 7 heteroatoms. The molecule has 0 saturated carbocycles. The maximum atomic E-state index is 12.5. The van der Waals surface area contributed by atoms with E-state index in [2.05, 4.69) is 10.6 Å². The number of rotatable bonds is 4. The zero-order valence-electron chi connectivity index (χ0n) is 12.3. The molecule has 1 aliphatic rings. The quantitative estimate of drug-likeness (QED) is 0.838. The Hall–Kier alpha value is -1.44. The number of nitrogens with one attached hydrogen (secondary N) is 2. The molecule has 0 spiro atoms. The van der Waals surface area contributed by atoms with E-state index in [9.17, 15) is 13.2 Å². The predicted octanol–water partition coefficient (Wildman–Crippen LogP) is 0.305. The van der Waals surface area contributed by atoms with Crippen molar-refractivity contribution >= 4 is 15.9 Å². The molecule has 1 aromatic carbocycles. The number of piperazine rings is 1. The molecule has 0 aromatic heterocycles. The molecule has 1 saturated heterocycles. The molecule has 1 aliphatic heterocycles. The van der Waals surface area contributed by atoms with Gasteiger partial charge in [0.15, 0.2) is 0 Å². The Morgan fingerprint density at radius 1 is 1.38 bits per heavy atom. The Morgan fingerprint density at radius 2 is 2.05 bits per heavy atom. The first kappa shape index (κ1) is 15.9. The van der Waals surface area contributed by atoms with Gasteiger partial charge in [-0.3, -0.25) is 4.79 Å². The third kappa shape index (κ3) is 4.03. The lowest BCUT2D eigenvalue weighted by atomic mass is 10.2. The van der Waals surface area contributed by atoms with Crippen LogP contribution in [0.2, 0.25) is 0 Å². The number of hydrogen-bond donors (Lipinski definition) is 2. The lowest BCUT2D eigenvalue weighted by Crippen LogP contribution is -2.51. The largest absolute Gasteiger partial charge is 0.352 e. The monoisotopic (exact) mass is 311 g/mol. The summed E-state index contributed by atoms with van der Waals surface area (Å²) in [5, 5.41) is 5.91. The van der Waals surface area contributed by atoms with Crippen molar-refractivity contribution in [2.75, 3.05) is 19.6 Å². The molecule has 116 valence electrons. The van der Waals surface area contributed by atoms with Gasteiger partial charge in [-0.15, -0.1) is 0 Å². The van der Waals surface area contributed by atoms with Crippen LogP contribution in [-0.4, -0.2) is 44.3 Å². The van der Waals surface area contributed by atoms with Gasteiger partial charge in [-0.05, 0) is 24.6 Å². The number of carbonyl (C=O) groups excluding carboxylic acids is 1. The average molecular weight is 311 g/mol. The summed E-state index contributed by atoms with van der Waals surface area (Å²) in [4.78, 5) is 11.2. The lowest BCUT2D eigenvalue weighted by Gasteiger charge is -2.31. The van der Waals surface area contributed by atoms with E-state index < -0.39 is 10.0 Å². The molecule has 21 heavy (non-hydrogen) atoms. The van der Waals surface area contributed by atoms with Gasteiger partial charge in [-0.2, -0.15) is 4.31 Å². The number of hydrogen-bond acceptors (Lipinski definition) is 4. The first-order valence-electron chi connectivity index (χ1n) is 6.96. The normalized spacial score (nSPS) is 20.2. The van der Waals surface area contributed by atoms with Gasteiger partial charge in [0, 0.05) is 39.1 Å². The lowest BCUT2D eigenvalue weighted by molar-refractivity contribution is -0.119. The Kier molecular flexibility index (Phi) is 4.97. The molecule has 6 nitrogen and oxygen atoms in total. The summed E-state index contributed by atoms with van der Waals surface area (Å²) in [5.41, 5.74) is 0.873. The van der Waals surface area contributed by atoms with Crippen LogP contribution in [0.5, 0.6) is 0 Å². The summed E-state index contributed by atoms with van der Waals surface area (Å²) < 4.78 is 26.6. The summed E-state index contributed by atoms with van der Waals surface area (Å²) in [6.45, 7) is 5.46. The highest BCUT2D eigenvalue weighted by Crippen LogP contribution is 2.18. The molecule has 2 rings (SSSR count). The minimum absolute atomic E-state index is 0.110. The predicted molar refractivity (Wildman–Crippen MR) is 80.2 cm³/mol. The Bertz CT molecular complexity index is 598. The molecule has 1 amide bonds. The van der Waals surface area contributed by atoms with E-state index in [0.717, 1.165) is 5.56 Å². The van der Waals surface area contributed by atoms with Crippen LogP contribution in [0.4, 0.5) is 0 Å². The van der Waals surface area contributed by atoms with E-state index in [0.29, 0.717) is 31.1 Å². The summed E-state index contributed by atoms with van der Waals surface area (Å²) in [7, 11) is -3.44. The SMILES string of the molecule is CC(=O)NCc1ccc(S(=O)(=O)N2CCN[C@@H](C)C2)cc1. The van der Waals surface area contributed by atoms with Gasteiger partial charge >= 0.3 is 0 Å². The molecular weight excluding hydrogens is 290 g/mol. The van der Waals surface area contributed by atoms with E-state index in [-0.39, 0.29) is 11.9 Å². The Balaban J connectivity index is 2.11. The van der Waals surface area contributed by atoms with Crippen molar-refractivity contribution < 1.29 is 13.2 Å². The third-order valence-corrected chi connectivity index (χ3v) is 5.31. The maximum absolute atomic E-state index is 12.5. The molecular formula is C14H21N3O3S. The fourth-order valence-electron chi connectivity index (χ4n) is 2.27. The van der Waals surface area contributed by atoms with Gasteiger partial charge in [-0.1, -0.05) is 12.1 Å². The number of nitrogens with zero attached hydrogens (tertiary/aromatic N) is 1. The Labute approximate surface area is 125 Å². The van der Waals surface area contributed by atoms with E-state index in [1.807, 2.05) is 6.92 Å². The summed E-state index contributed by atoms with van der Waals surface area (Å²) in [6, 6.07) is 6.81. The smallest absolute Gasteiger partial charge is 0.243 e. The van der Waals surface area contributed by atoms with Crippen LogP contribution in [0, 0.1) is 0 Å². The van der Waals surface area contributed by atoms with Crippen LogP contribution < -0.4 is 10.6 Å². The van der Waals surface area contributed by atoms with Crippen molar-refractivity contribution in [1.29, 1.82) is 0 Å². The molecule has 1 atom stereocenters. The van der Waals surface area contributed by atoms with Crippen molar-refractivity contribution in [3.63, 3.8) is 0 Å². The van der Waals surface area contributed by atoms with Crippen molar-refractivity contribution in [3.05, 3.63) is 29.8 Å². The fraction of sp³-hybridized carbons (Fsp3) is 0.500. The van der Waals surface area contributed by atoms with Gasteiger partial charge in [0.1, 0.15) is 0 Å². The molecule has 0 aliphatic carbocycles. The Morgan fingerprint density at radius 3 is 2.62 bits per heavy atom. The number of carbonyl (C=O) groups is 1. The van der Waals surface area contributed by atoms with E-state index in [4.69, 9.17) is 0 Å². The second-order valence-corrected chi connectivity index (χ2v) is 7.21. The van der Waals surface area contributed by atoms with Crippen LogP contribution in [0.3, 0.4) is 0 Å². The highest BCUT2D eigenvalue weighted by atomic mass is 32.2. The zero-order chi connectivity index (χ0) is 15.5. The van der Waals surface area contributed by atoms with Gasteiger partial charge < -0.3 is 10.6 Å². The molecule has 1 aromatic rings. The van der Waals surface area contributed by atoms with Gasteiger partial charge in [0.2, 0.25) is 15.9 Å². The van der Waals surface area contributed by atoms with Crippen LogP contribution in [0.25, 0.3) is 0 Å². The number of benzene rings is 1. The van der Waals surface area contributed by atoms with Crippen molar-refractivity contribution in [2.45, 2.75) is 31.3 Å².